The van der Waals surface area contributed by atoms with E-state index in [9.17, 15) is 13.2 Å². The normalized spacial score (nSPS) is 11.3. The molecule has 164 valence electrons. The molecule has 0 fully saturated rings. The smallest absolute Gasteiger partial charge is 0.269 e. The fourth-order valence-corrected chi connectivity index (χ4v) is 4.64. The molecule has 0 aliphatic rings. The molecule has 0 radical (unpaired) electrons. The highest BCUT2D eigenvalue weighted by atomic mass is 32.2. The Morgan fingerprint density at radius 1 is 1.06 bits per heavy atom. The zero-order chi connectivity index (χ0) is 22.3. The second-order valence-corrected chi connectivity index (χ2v) is 9.75. The predicted molar refractivity (Wildman–Crippen MR) is 120 cm³/mol. The summed E-state index contributed by atoms with van der Waals surface area (Å²) >= 11 is 0.781. The summed E-state index contributed by atoms with van der Waals surface area (Å²) in [5, 5.41) is 10.1. The Morgan fingerprint density at radius 3 is 2.45 bits per heavy atom. The Morgan fingerprint density at radius 2 is 1.77 bits per heavy atom. The van der Waals surface area contributed by atoms with Gasteiger partial charge in [0, 0.05) is 12.1 Å². The third kappa shape index (κ3) is 6.58. The number of nitrogens with one attached hydrogen (secondary N) is 2. The predicted octanol–water partition coefficient (Wildman–Crippen LogP) is 3.41. The number of aryl methyl sites for hydroxylation is 2. The molecule has 31 heavy (non-hydrogen) atoms. The van der Waals surface area contributed by atoms with E-state index in [4.69, 9.17) is 4.74 Å². The van der Waals surface area contributed by atoms with Crippen molar-refractivity contribution in [3.05, 3.63) is 65.2 Å². The van der Waals surface area contributed by atoms with Crippen LogP contribution >= 0.6 is 11.3 Å². The lowest BCUT2D eigenvalue weighted by molar-refractivity contribution is 0.102. The van der Waals surface area contributed by atoms with Crippen molar-refractivity contribution in [2.24, 2.45) is 0 Å². The number of nitrogens with zero attached hydrogens (tertiary/aromatic N) is 2. The molecule has 10 heteroatoms. The van der Waals surface area contributed by atoms with Crippen LogP contribution in [0.2, 0.25) is 0 Å². The molecule has 0 spiro atoms. The van der Waals surface area contributed by atoms with E-state index < -0.39 is 10.0 Å². The summed E-state index contributed by atoms with van der Waals surface area (Å²) in [6.07, 6.45) is 2.08. The van der Waals surface area contributed by atoms with E-state index >= 15 is 0 Å². The average Bonchev–Trinajstić information content (AvgIpc) is 3.22. The molecular weight excluding hydrogens is 436 g/mol. The van der Waals surface area contributed by atoms with Gasteiger partial charge in [-0.15, -0.1) is 10.2 Å². The Hall–Kier alpha value is -2.82. The van der Waals surface area contributed by atoms with Gasteiger partial charge in [0.2, 0.25) is 9.47 Å². The molecule has 8 nitrogen and oxygen atoms in total. The van der Waals surface area contributed by atoms with E-state index in [0.29, 0.717) is 11.3 Å². The minimum Gasteiger partial charge on any atom is -0.492 e. The maximum absolute atomic E-state index is 12.4. The van der Waals surface area contributed by atoms with Crippen LogP contribution < -0.4 is 14.8 Å². The van der Waals surface area contributed by atoms with Crippen LogP contribution in [0.4, 0.5) is 5.13 Å². The van der Waals surface area contributed by atoms with Crippen LogP contribution in [0.1, 0.15) is 34.8 Å². The van der Waals surface area contributed by atoms with Crippen LogP contribution in [0.3, 0.4) is 0 Å². The Bertz CT molecular complexity index is 1110. The number of benzene rings is 2. The van der Waals surface area contributed by atoms with Gasteiger partial charge in [-0.3, -0.25) is 10.1 Å². The minimum atomic E-state index is -3.85. The molecule has 1 aromatic heterocycles. The quantitative estimate of drug-likeness (QED) is 0.354. The molecular formula is C21H24N4O4S2. The van der Waals surface area contributed by atoms with Gasteiger partial charge in [0.1, 0.15) is 12.4 Å². The van der Waals surface area contributed by atoms with Gasteiger partial charge in [-0.1, -0.05) is 54.5 Å². The van der Waals surface area contributed by atoms with Crippen molar-refractivity contribution >= 4 is 32.4 Å². The molecule has 1 amide bonds. The van der Waals surface area contributed by atoms with Crippen LogP contribution in [0.25, 0.3) is 0 Å². The van der Waals surface area contributed by atoms with Gasteiger partial charge in [-0.05, 0) is 43.2 Å². The van der Waals surface area contributed by atoms with E-state index in [-0.39, 0.29) is 28.5 Å². The number of carbonyl (C=O) groups excluding carboxylic acids is 1. The van der Waals surface area contributed by atoms with E-state index in [0.717, 1.165) is 29.7 Å². The number of hydrogen-bond donors (Lipinski definition) is 2. The van der Waals surface area contributed by atoms with Crippen molar-refractivity contribution in [3.63, 3.8) is 0 Å². The highest BCUT2D eigenvalue weighted by Crippen LogP contribution is 2.20. The third-order valence-electron chi connectivity index (χ3n) is 4.30. The largest absolute Gasteiger partial charge is 0.492 e. The maximum atomic E-state index is 12.4. The van der Waals surface area contributed by atoms with Crippen molar-refractivity contribution < 1.29 is 17.9 Å². The van der Waals surface area contributed by atoms with Gasteiger partial charge >= 0.3 is 0 Å². The summed E-state index contributed by atoms with van der Waals surface area (Å²) in [5.74, 6) is 0.294. The molecule has 3 aromatic rings. The number of aromatic nitrogens is 2. The summed E-state index contributed by atoms with van der Waals surface area (Å²) in [6.45, 7) is 4.28. The van der Waals surface area contributed by atoms with Crippen LogP contribution in [0, 0.1) is 6.92 Å². The van der Waals surface area contributed by atoms with Crippen LogP contribution in [-0.2, 0) is 16.4 Å². The second-order valence-electron chi connectivity index (χ2n) is 6.83. The lowest BCUT2D eigenvalue weighted by Crippen LogP contribution is -2.28. The zero-order valence-electron chi connectivity index (χ0n) is 17.3. The van der Waals surface area contributed by atoms with Crippen molar-refractivity contribution in [2.45, 2.75) is 31.0 Å². The number of carbonyl (C=O) groups is 1. The molecule has 1 heterocycles. The van der Waals surface area contributed by atoms with E-state index in [2.05, 4.69) is 27.2 Å². The highest BCUT2D eigenvalue weighted by Gasteiger charge is 2.20. The van der Waals surface area contributed by atoms with Crippen molar-refractivity contribution in [3.8, 4) is 5.75 Å². The first-order valence-electron chi connectivity index (χ1n) is 9.80. The standard InChI is InChI=1S/C21H24N4O4S2/c1-3-4-16-7-11-18(12-8-16)29-14-13-22-31(27,28)21-25-24-20(30-21)23-19(26)17-9-5-15(2)6-10-17/h5-12,22H,3-4,13-14H2,1-2H3,(H,23,24,26). The van der Waals surface area contributed by atoms with E-state index in [1.807, 2.05) is 43.3 Å². The first-order chi connectivity index (χ1) is 14.9. The van der Waals surface area contributed by atoms with Gasteiger partial charge in [-0.25, -0.2) is 13.1 Å². The number of rotatable bonds is 10. The van der Waals surface area contributed by atoms with E-state index in [1.54, 1.807) is 12.1 Å². The lowest BCUT2D eigenvalue weighted by atomic mass is 10.1. The highest BCUT2D eigenvalue weighted by molar-refractivity contribution is 7.91. The van der Waals surface area contributed by atoms with Gasteiger partial charge in [-0.2, -0.15) is 0 Å². The van der Waals surface area contributed by atoms with Gasteiger partial charge in [0.15, 0.2) is 0 Å². The number of hydrogen-bond acceptors (Lipinski definition) is 7. The Kier molecular flexibility index (Phi) is 7.72. The fourth-order valence-electron chi connectivity index (χ4n) is 2.69. The average molecular weight is 461 g/mol. The SMILES string of the molecule is CCCc1ccc(OCCNS(=O)(=O)c2nnc(NC(=O)c3ccc(C)cc3)s2)cc1. The molecule has 0 aliphatic heterocycles. The monoisotopic (exact) mass is 460 g/mol. The van der Waals surface area contributed by atoms with Crippen LogP contribution in [-0.4, -0.2) is 37.7 Å². The third-order valence-corrected chi connectivity index (χ3v) is 6.96. The number of ether oxygens (including phenoxy) is 1. The topological polar surface area (TPSA) is 110 Å². The van der Waals surface area contributed by atoms with Crippen LogP contribution in [0.15, 0.2) is 52.9 Å². The molecule has 0 atom stereocenters. The Labute approximate surface area is 185 Å². The van der Waals surface area contributed by atoms with E-state index in [1.165, 1.54) is 5.56 Å². The van der Waals surface area contributed by atoms with Crippen molar-refractivity contribution in [1.82, 2.24) is 14.9 Å². The molecule has 0 bridgehead atoms. The first kappa shape index (κ1) is 22.9. The first-order valence-corrected chi connectivity index (χ1v) is 12.1. The molecule has 3 rings (SSSR count). The van der Waals surface area contributed by atoms with Gasteiger partial charge in [0.05, 0.1) is 0 Å². The summed E-state index contributed by atoms with van der Waals surface area (Å²) in [5.41, 5.74) is 2.71. The fraction of sp³-hybridized carbons (Fsp3) is 0.286. The lowest BCUT2D eigenvalue weighted by Gasteiger charge is -2.07. The molecule has 0 saturated heterocycles. The molecule has 0 unspecified atom stereocenters. The summed E-state index contributed by atoms with van der Waals surface area (Å²) in [7, 11) is -3.85. The minimum absolute atomic E-state index is 0.0731. The molecule has 0 saturated carbocycles. The summed E-state index contributed by atoms with van der Waals surface area (Å²) < 4.78 is 32.6. The molecule has 0 aliphatic carbocycles. The zero-order valence-corrected chi connectivity index (χ0v) is 18.9. The molecule has 2 N–H and O–H groups in total. The van der Waals surface area contributed by atoms with Crippen molar-refractivity contribution in [2.75, 3.05) is 18.5 Å². The van der Waals surface area contributed by atoms with Gasteiger partial charge in [0.25, 0.3) is 15.9 Å². The second kappa shape index (κ2) is 10.5. The van der Waals surface area contributed by atoms with Crippen molar-refractivity contribution in [1.29, 1.82) is 0 Å². The number of anilines is 1. The maximum Gasteiger partial charge on any atom is 0.269 e. The number of amides is 1. The summed E-state index contributed by atoms with van der Waals surface area (Å²) in [6, 6.07) is 14.7. The Balaban J connectivity index is 1.49. The van der Waals surface area contributed by atoms with Gasteiger partial charge < -0.3 is 4.74 Å². The van der Waals surface area contributed by atoms with Crippen LogP contribution in [0.5, 0.6) is 5.75 Å². The summed E-state index contributed by atoms with van der Waals surface area (Å²) in [4.78, 5) is 12.2. The number of sulfonamides is 1. The molecule has 2 aromatic carbocycles.